The average Bonchev–Trinajstić information content (AvgIpc) is 3.17. The number of benzene rings is 1. The van der Waals surface area contributed by atoms with Crippen molar-refractivity contribution >= 4 is 41.0 Å². The van der Waals surface area contributed by atoms with Gasteiger partial charge in [0.2, 0.25) is 5.91 Å². The summed E-state index contributed by atoms with van der Waals surface area (Å²) >= 11 is 12.5. The number of hydrogen-bond donors (Lipinski definition) is 1. The molecule has 0 saturated carbocycles. The lowest BCUT2D eigenvalue weighted by molar-refractivity contribution is -0.134. The Labute approximate surface area is 215 Å². The van der Waals surface area contributed by atoms with Crippen LogP contribution < -0.4 is 5.32 Å². The molecular weight excluding hydrogens is 493 g/mol. The van der Waals surface area contributed by atoms with E-state index < -0.39 is 6.04 Å². The molecule has 11 heteroatoms. The molecule has 0 radical (unpaired) electrons. The van der Waals surface area contributed by atoms with Gasteiger partial charge in [0.25, 0.3) is 5.91 Å². The van der Waals surface area contributed by atoms with E-state index in [1.54, 1.807) is 35.1 Å². The minimum absolute atomic E-state index is 0.0351. The summed E-state index contributed by atoms with van der Waals surface area (Å²) in [4.78, 5) is 46.5. The number of nitrogens with one attached hydrogen (secondary N) is 1. The highest BCUT2D eigenvalue weighted by atomic mass is 35.5. The normalized spacial score (nSPS) is 21.0. The Balaban J connectivity index is 1.43. The third kappa shape index (κ3) is 5.43. The maximum absolute atomic E-state index is 13.5. The van der Waals surface area contributed by atoms with Crippen molar-refractivity contribution < 1.29 is 19.1 Å². The van der Waals surface area contributed by atoms with Gasteiger partial charge in [-0.15, -0.1) is 0 Å². The first-order valence-corrected chi connectivity index (χ1v) is 12.6. The summed E-state index contributed by atoms with van der Waals surface area (Å²) in [6.45, 7) is 7.38. The molecule has 190 valence electrons. The number of urea groups is 1. The quantitative estimate of drug-likeness (QED) is 0.565. The van der Waals surface area contributed by atoms with Crippen molar-refractivity contribution in [2.75, 3.05) is 66.1 Å². The molecular formula is C24H31Cl2N5O4. The van der Waals surface area contributed by atoms with Crippen LogP contribution >= 0.6 is 23.2 Å². The van der Waals surface area contributed by atoms with E-state index in [9.17, 15) is 14.4 Å². The molecule has 1 atom stereocenters. The smallest absolute Gasteiger partial charge is 0.322 e. The van der Waals surface area contributed by atoms with Crippen molar-refractivity contribution in [2.45, 2.75) is 19.4 Å². The monoisotopic (exact) mass is 523 g/mol. The van der Waals surface area contributed by atoms with Crippen LogP contribution in [-0.2, 0) is 14.3 Å². The van der Waals surface area contributed by atoms with Crippen LogP contribution in [0.15, 0.2) is 29.5 Å². The van der Waals surface area contributed by atoms with Crippen LogP contribution in [0, 0.1) is 0 Å². The molecule has 1 fully saturated rings. The molecule has 9 nitrogen and oxygen atoms in total. The summed E-state index contributed by atoms with van der Waals surface area (Å²) in [5.41, 5.74) is 1.77. The molecule has 3 aliphatic rings. The largest absolute Gasteiger partial charge is 0.383 e. The molecule has 0 aromatic heterocycles. The van der Waals surface area contributed by atoms with Crippen LogP contribution in [0.5, 0.6) is 0 Å². The third-order valence-electron chi connectivity index (χ3n) is 6.82. The summed E-state index contributed by atoms with van der Waals surface area (Å²) in [5.74, 6) is -0.153. The Hall–Kier alpha value is -2.33. The lowest BCUT2D eigenvalue weighted by Crippen LogP contribution is -2.49. The minimum Gasteiger partial charge on any atom is -0.383 e. The van der Waals surface area contributed by atoms with Crippen LogP contribution in [0.2, 0.25) is 10.0 Å². The van der Waals surface area contributed by atoms with E-state index in [1.165, 1.54) is 0 Å². The Kier molecular flexibility index (Phi) is 8.21. The number of nitrogens with zero attached hydrogens (tertiary/aromatic N) is 4. The minimum atomic E-state index is -0.668. The first-order valence-electron chi connectivity index (χ1n) is 11.9. The Morgan fingerprint density at radius 3 is 2.54 bits per heavy atom. The zero-order valence-corrected chi connectivity index (χ0v) is 21.6. The molecule has 3 heterocycles. The fourth-order valence-corrected chi connectivity index (χ4v) is 5.38. The van der Waals surface area contributed by atoms with Gasteiger partial charge >= 0.3 is 6.03 Å². The van der Waals surface area contributed by atoms with E-state index in [4.69, 9.17) is 27.9 Å². The van der Waals surface area contributed by atoms with Gasteiger partial charge in [-0.1, -0.05) is 29.3 Å². The standard InChI is InChI=1S/C24H31Cl2N5O4/c1-3-31-19-15-30(7-6-20(32)29-10-8-28(9-11-29)12-13-35-2)23(33)21(19)22(27-24(31)34)17-5-4-16(25)14-18(17)26/h4-5,14,22H,3,6-13,15H2,1-2H3,(H,27,34). The first kappa shape index (κ1) is 25.8. The number of halogens is 2. The summed E-state index contributed by atoms with van der Waals surface area (Å²) < 4.78 is 5.13. The highest BCUT2D eigenvalue weighted by molar-refractivity contribution is 6.35. The highest BCUT2D eigenvalue weighted by Crippen LogP contribution is 2.39. The van der Waals surface area contributed by atoms with Gasteiger partial charge in [-0.05, 0) is 24.6 Å². The summed E-state index contributed by atoms with van der Waals surface area (Å²) in [6.07, 6.45) is 0.240. The number of carbonyl (C=O) groups excluding carboxylic acids is 3. The number of methoxy groups -OCH3 is 1. The number of likely N-dealkylation sites (N-methyl/N-ethyl adjacent to an activating group) is 1. The average molecular weight is 524 g/mol. The van der Waals surface area contributed by atoms with E-state index in [0.29, 0.717) is 59.7 Å². The second-order valence-electron chi connectivity index (χ2n) is 8.84. The SMILES string of the molecule is CCN1C(=O)NC(c2ccc(Cl)cc2Cl)C2=C1CN(CCC(=O)N1CCN(CCOC)CC1)C2=O. The zero-order valence-electron chi connectivity index (χ0n) is 20.1. The molecule has 4 amide bonds. The molecule has 1 saturated heterocycles. The van der Waals surface area contributed by atoms with Crippen molar-refractivity contribution in [3.63, 3.8) is 0 Å². The van der Waals surface area contributed by atoms with E-state index in [1.807, 2.05) is 11.8 Å². The summed E-state index contributed by atoms with van der Waals surface area (Å²) in [5, 5.41) is 3.77. The van der Waals surface area contributed by atoms with Crippen molar-refractivity contribution in [2.24, 2.45) is 0 Å². The molecule has 35 heavy (non-hydrogen) atoms. The molecule has 1 aromatic carbocycles. The van der Waals surface area contributed by atoms with E-state index in [-0.39, 0.29) is 30.8 Å². The van der Waals surface area contributed by atoms with Crippen LogP contribution in [-0.4, -0.2) is 104 Å². The predicted molar refractivity (Wildman–Crippen MR) is 133 cm³/mol. The number of carbonyl (C=O) groups is 3. The van der Waals surface area contributed by atoms with Gasteiger partial charge in [0.1, 0.15) is 0 Å². The second kappa shape index (κ2) is 11.2. The second-order valence-corrected chi connectivity index (χ2v) is 9.69. The molecule has 0 bridgehead atoms. The number of hydrogen-bond acceptors (Lipinski definition) is 5. The Morgan fingerprint density at radius 2 is 1.89 bits per heavy atom. The summed E-state index contributed by atoms with van der Waals surface area (Å²) in [6, 6.07) is 4.07. The first-order chi connectivity index (χ1) is 16.8. The molecule has 4 rings (SSSR count). The number of piperazine rings is 1. The lowest BCUT2D eigenvalue weighted by atomic mass is 9.95. The van der Waals surface area contributed by atoms with Crippen molar-refractivity contribution in [3.05, 3.63) is 45.1 Å². The molecule has 0 aliphatic carbocycles. The lowest BCUT2D eigenvalue weighted by Gasteiger charge is -2.35. The van der Waals surface area contributed by atoms with E-state index >= 15 is 0 Å². The molecule has 1 N–H and O–H groups in total. The topological polar surface area (TPSA) is 85.4 Å². The molecule has 3 aliphatic heterocycles. The zero-order chi connectivity index (χ0) is 25.1. The van der Waals surface area contributed by atoms with E-state index in [2.05, 4.69) is 10.2 Å². The van der Waals surface area contributed by atoms with E-state index in [0.717, 1.165) is 19.6 Å². The Bertz CT molecular complexity index is 1030. The number of amides is 4. The summed E-state index contributed by atoms with van der Waals surface area (Å²) in [7, 11) is 1.68. The molecule has 1 aromatic rings. The highest BCUT2D eigenvalue weighted by Gasteiger charge is 2.44. The third-order valence-corrected chi connectivity index (χ3v) is 7.38. The van der Waals surface area contributed by atoms with Crippen molar-refractivity contribution in [1.82, 2.24) is 24.9 Å². The number of rotatable bonds is 8. The number of ether oxygens (including phenoxy) is 1. The van der Waals surface area contributed by atoms with Gasteiger partial charge in [-0.3, -0.25) is 19.4 Å². The maximum atomic E-state index is 13.5. The maximum Gasteiger partial charge on any atom is 0.322 e. The van der Waals surface area contributed by atoms with Gasteiger partial charge in [0, 0.05) is 69.4 Å². The van der Waals surface area contributed by atoms with Crippen molar-refractivity contribution in [1.29, 1.82) is 0 Å². The van der Waals surface area contributed by atoms with Gasteiger partial charge in [-0.2, -0.15) is 0 Å². The Morgan fingerprint density at radius 1 is 1.14 bits per heavy atom. The van der Waals surface area contributed by atoms with Gasteiger partial charge in [-0.25, -0.2) is 4.79 Å². The van der Waals surface area contributed by atoms with Gasteiger partial charge in [0.05, 0.1) is 30.5 Å². The van der Waals surface area contributed by atoms with Gasteiger partial charge < -0.3 is 19.9 Å². The molecule has 0 spiro atoms. The fourth-order valence-electron chi connectivity index (χ4n) is 4.86. The molecule has 1 unspecified atom stereocenters. The van der Waals surface area contributed by atoms with Crippen LogP contribution in [0.25, 0.3) is 0 Å². The van der Waals surface area contributed by atoms with Crippen LogP contribution in [0.1, 0.15) is 24.9 Å². The van der Waals surface area contributed by atoms with Crippen LogP contribution in [0.4, 0.5) is 4.79 Å². The fraction of sp³-hybridized carbons (Fsp3) is 0.542. The van der Waals surface area contributed by atoms with Crippen molar-refractivity contribution in [3.8, 4) is 0 Å². The van der Waals surface area contributed by atoms with Crippen LogP contribution in [0.3, 0.4) is 0 Å². The van der Waals surface area contributed by atoms with Gasteiger partial charge in [0.15, 0.2) is 0 Å². The predicted octanol–water partition coefficient (Wildman–Crippen LogP) is 2.36.